The van der Waals surface area contributed by atoms with Crippen molar-refractivity contribution in [3.8, 4) is 5.75 Å². The Morgan fingerprint density at radius 1 is 0.828 bits per heavy atom. The van der Waals surface area contributed by atoms with Crippen LogP contribution in [0.5, 0.6) is 5.75 Å². The Balaban J connectivity index is 0.000000170. The molecule has 4 rings (SSSR count). The number of carboxylic acids is 1. The van der Waals surface area contributed by atoms with Gasteiger partial charge in [-0.3, -0.25) is 4.79 Å². The SMILES string of the molecule is CC(=O)Oc1ccc(C(=O)[O-])cc1.O=S1(=O)c2cccc[c]2[Bi+][c]2ccccc21. The second kappa shape index (κ2) is 8.84. The van der Waals surface area contributed by atoms with Gasteiger partial charge in [-0.25, -0.2) is 0 Å². The van der Waals surface area contributed by atoms with E-state index >= 15 is 0 Å². The number of fused-ring (bicyclic) bond motifs is 2. The minimum absolute atomic E-state index is 0.0518. The number of benzene rings is 3. The van der Waals surface area contributed by atoms with Crippen LogP contribution in [-0.4, -0.2) is 43.6 Å². The van der Waals surface area contributed by atoms with Crippen molar-refractivity contribution in [2.45, 2.75) is 16.7 Å². The van der Waals surface area contributed by atoms with E-state index in [1.807, 2.05) is 24.3 Å². The van der Waals surface area contributed by atoms with E-state index in [1.165, 1.54) is 31.2 Å². The number of carbonyl (C=O) groups is 2. The number of ether oxygens (including phenoxy) is 1. The average molecular weight is 604 g/mol. The summed E-state index contributed by atoms with van der Waals surface area (Å²) >= 11 is -1.05. The molecule has 0 bridgehead atoms. The van der Waals surface area contributed by atoms with E-state index in [9.17, 15) is 23.1 Å². The molecule has 1 aliphatic heterocycles. The number of carbonyl (C=O) groups excluding carboxylic acids is 2. The molecule has 146 valence electrons. The molecule has 29 heavy (non-hydrogen) atoms. The van der Waals surface area contributed by atoms with Gasteiger partial charge in [0.05, 0.1) is 5.97 Å². The normalized spacial score (nSPS) is 13.1. The standard InChI is InChI=1S/C12H8O2S.C9H8O4.Bi/c13-15(14,11-7-3-1-4-8-11)12-9-5-2-6-10-12;1-6(10)13-8-4-2-7(3-5-8)9(11)12;/h1-7,9H;2-5H,1H3,(H,11,12);/q;;+1/p-1. The molecule has 0 aromatic heterocycles. The van der Waals surface area contributed by atoms with Crippen LogP contribution >= 0.6 is 0 Å². The van der Waals surface area contributed by atoms with Crippen LogP contribution in [0.4, 0.5) is 0 Å². The van der Waals surface area contributed by atoms with Crippen LogP contribution in [0, 0.1) is 0 Å². The number of hydrogen-bond acceptors (Lipinski definition) is 6. The summed E-state index contributed by atoms with van der Waals surface area (Å²) < 4.78 is 31.5. The summed E-state index contributed by atoms with van der Waals surface area (Å²) in [6.07, 6.45) is 0. The Morgan fingerprint density at radius 2 is 1.31 bits per heavy atom. The van der Waals surface area contributed by atoms with Crippen molar-refractivity contribution in [3.63, 3.8) is 0 Å². The fourth-order valence-corrected chi connectivity index (χ4v) is 11.4. The van der Waals surface area contributed by atoms with Gasteiger partial charge in [0, 0.05) is 6.92 Å². The zero-order valence-corrected chi connectivity index (χ0v) is 19.5. The molecule has 0 fully saturated rings. The van der Waals surface area contributed by atoms with Crippen LogP contribution in [0.3, 0.4) is 0 Å². The van der Waals surface area contributed by atoms with Gasteiger partial charge in [0.15, 0.2) is 0 Å². The van der Waals surface area contributed by atoms with Gasteiger partial charge in [0.2, 0.25) is 0 Å². The molecule has 0 saturated heterocycles. The molecule has 6 nitrogen and oxygen atoms in total. The van der Waals surface area contributed by atoms with Crippen molar-refractivity contribution in [2.75, 3.05) is 0 Å². The third kappa shape index (κ3) is 4.89. The first-order chi connectivity index (χ1) is 13.8. The zero-order valence-electron chi connectivity index (χ0n) is 15.2. The third-order valence-electron chi connectivity index (χ3n) is 3.90. The molecule has 0 atom stereocenters. The van der Waals surface area contributed by atoms with Crippen molar-refractivity contribution >= 4 is 51.6 Å². The second-order valence-corrected chi connectivity index (χ2v) is 12.5. The number of hydrogen-bond donors (Lipinski definition) is 0. The molecule has 0 spiro atoms. The van der Waals surface area contributed by atoms with Crippen LogP contribution < -0.4 is 16.4 Å². The summed E-state index contributed by atoms with van der Waals surface area (Å²) in [5, 5.41) is 10.3. The van der Waals surface area contributed by atoms with Gasteiger partial charge in [0.1, 0.15) is 5.75 Å². The number of rotatable bonds is 2. The molecular weight excluding hydrogens is 589 g/mol. The zero-order chi connectivity index (χ0) is 21.0. The second-order valence-electron chi connectivity index (χ2n) is 5.96. The fraction of sp³-hybridized carbons (Fsp3) is 0.0476. The van der Waals surface area contributed by atoms with Crippen molar-refractivity contribution in [3.05, 3.63) is 78.4 Å². The van der Waals surface area contributed by atoms with E-state index in [0.29, 0.717) is 15.5 Å². The Kier molecular flexibility index (Phi) is 6.45. The molecule has 1 heterocycles. The first kappa shape index (κ1) is 21.1. The van der Waals surface area contributed by atoms with Crippen molar-refractivity contribution < 1.29 is 27.9 Å². The summed E-state index contributed by atoms with van der Waals surface area (Å²) in [6.45, 7) is 1.27. The third-order valence-corrected chi connectivity index (χ3v) is 11.9. The number of aromatic carboxylic acids is 1. The van der Waals surface area contributed by atoms with Gasteiger partial charge in [-0.2, -0.15) is 0 Å². The van der Waals surface area contributed by atoms with Gasteiger partial charge in [0.25, 0.3) is 0 Å². The summed E-state index contributed by atoms with van der Waals surface area (Å²) in [5.41, 5.74) is 0.0518. The summed E-state index contributed by atoms with van der Waals surface area (Å²) in [7, 11) is -3.26. The molecule has 1 aliphatic rings. The fourth-order valence-electron chi connectivity index (χ4n) is 2.63. The van der Waals surface area contributed by atoms with E-state index in [1.54, 1.807) is 24.3 Å². The summed E-state index contributed by atoms with van der Waals surface area (Å²) in [6, 6.07) is 20.2. The maximum absolute atomic E-state index is 12.3. The van der Waals surface area contributed by atoms with E-state index in [-0.39, 0.29) is 5.56 Å². The average Bonchev–Trinajstić information content (AvgIpc) is 2.69. The molecule has 8 heteroatoms. The van der Waals surface area contributed by atoms with E-state index in [4.69, 9.17) is 4.74 Å². The van der Waals surface area contributed by atoms with E-state index in [2.05, 4.69) is 0 Å². The first-order valence-corrected chi connectivity index (χ1v) is 13.4. The summed E-state index contributed by atoms with van der Waals surface area (Å²) in [5.74, 6) is -1.38. The van der Waals surface area contributed by atoms with Crippen LogP contribution in [0.1, 0.15) is 17.3 Å². The predicted octanol–water partition coefficient (Wildman–Crippen LogP) is 0.463. The predicted molar refractivity (Wildman–Crippen MR) is 105 cm³/mol. The van der Waals surface area contributed by atoms with Gasteiger partial charge >= 0.3 is 112 Å². The van der Waals surface area contributed by atoms with Gasteiger partial charge in [-0.1, -0.05) is 0 Å². The molecule has 2 radical (unpaired) electrons. The molecule has 0 amide bonds. The Bertz CT molecular complexity index is 1120. The van der Waals surface area contributed by atoms with Gasteiger partial charge in [-0.05, 0) is 29.8 Å². The molecular formula is C21H15BiO6S. The molecule has 0 saturated carbocycles. The quantitative estimate of drug-likeness (QED) is 0.188. The Labute approximate surface area is 179 Å². The minimum atomic E-state index is -3.26. The topological polar surface area (TPSA) is 101 Å². The Hall–Kier alpha value is -2.57. The Morgan fingerprint density at radius 3 is 1.76 bits per heavy atom. The van der Waals surface area contributed by atoms with Crippen molar-refractivity contribution in [1.29, 1.82) is 0 Å². The number of sulfone groups is 1. The van der Waals surface area contributed by atoms with E-state index in [0.717, 1.165) is 6.54 Å². The van der Waals surface area contributed by atoms with Crippen LogP contribution in [-0.2, 0) is 14.6 Å². The summed E-state index contributed by atoms with van der Waals surface area (Å²) in [4.78, 5) is 21.9. The monoisotopic (exact) mass is 604 g/mol. The molecule has 3 aromatic rings. The maximum atomic E-state index is 12.3. The number of carboxylic acid groups (broad SMARTS) is 1. The van der Waals surface area contributed by atoms with Crippen molar-refractivity contribution in [2.24, 2.45) is 0 Å². The van der Waals surface area contributed by atoms with Gasteiger partial charge in [-0.15, -0.1) is 0 Å². The molecule has 3 aromatic carbocycles. The van der Waals surface area contributed by atoms with Gasteiger partial charge < -0.3 is 14.6 Å². The molecule has 0 aliphatic carbocycles. The van der Waals surface area contributed by atoms with Crippen LogP contribution in [0.25, 0.3) is 0 Å². The first-order valence-electron chi connectivity index (χ1n) is 8.44. The van der Waals surface area contributed by atoms with Crippen LogP contribution in [0.15, 0.2) is 82.6 Å². The van der Waals surface area contributed by atoms with Crippen LogP contribution in [0.2, 0.25) is 0 Å². The molecule has 0 N–H and O–H groups in total. The molecule has 0 unspecified atom stereocenters. The van der Waals surface area contributed by atoms with E-state index < -0.39 is 45.0 Å². The van der Waals surface area contributed by atoms with Crippen molar-refractivity contribution in [1.82, 2.24) is 0 Å². The number of esters is 1.